The Kier molecular flexibility index (Phi) is 6.65. The molecule has 4 rings (SSSR count). The molecule has 0 saturated heterocycles. The van der Waals surface area contributed by atoms with Crippen LogP contribution in [0, 0.1) is 5.82 Å². The van der Waals surface area contributed by atoms with Crippen molar-refractivity contribution in [3.8, 4) is 11.4 Å². The molecule has 0 bridgehead atoms. The number of benzene rings is 2. The summed E-state index contributed by atoms with van der Waals surface area (Å²) in [5.41, 5.74) is 1.52. The van der Waals surface area contributed by atoms with Gasteiger partial charge in [-0.05, 0) is 48.5 Å². The van der Waals surface area contributed by atoms with Crippen LogP contribution in [0.25, 0.3) is 5.69 Å². The molecule has 1 aliphatic rings. The third-order valence-electron chi connectivity index (χ3n) is 5.67. The minimum Gasteiger partial charge on any atom is -0.476 e. The largest absolute Gasteiger partial charge is 0.476 e. The number of hydrogen-bond acceptors (Lipinski definition) is 5. The molecule has 36 heavy (non-hydrogen) atoms. The summed E-state index contributed by atoms with van der Waals surface area (Å²) in [4.78, 5) is 14.5. The number of hydrogen-bond donors (Lipinski definition) is 0. The average Bonchev–Trinajstić information content (AvgIpc) is 3.41. The highest BCUT2D eigenvalue weighted by Crippen LogP contribution is 2.32. The summed E-state index contributed by atoms with van der Waals surface area (Å²) in [5, 5.41) is 4.41. The Morgan fingerprint density at radius 2 is 1.89 bits per heavy atom. The van der Waals surface area contributed by atoms with Crippen molar-refractivity contribution >= 4 is 15.7 Å². The van der Waals surface area contributed by atoms with Crippen LogP contribution in [0.2, 0.25) is 0 Å². The first-order chi connectivity index (χ1) is 16.9. The molecule has 1 aromatic heterocycles. The Hall–Kier alpha value is -3.67. The fraction of sp³-hybridized carbons (Fsp3) is 0.250. The summed E-state index contributed by atoms with van der Waals surface area (Å²) in [5.74, 6) is -1.79. The Morgan fingerprint density at radius 3 is 2.47 bits per heavy atom. The zero-order valence-corrected chi connectivity index (χ0v) is 19.8. The van der Waals surface area contributed by atoms with Gasteiger partial charge in [-0.3, -0.25) is 4.79 Å². The van der Waals surface area contributed by atoms with Gasteiger partial charge in [0, 0.05) is 18.3 Å². The van der Waals surface area contributed by atoms with Crippen molar-refractivity contribution in [2.75, 3.05) is 5.75 Å². The van der Waals surface area contributed by atoms with Crippen molar-refractivity contribution in [3.05, 3.63) is 84.0 Å². The zero-order valence-electron chi connectivity index (χ0n) is 19.0. The van der Waals surface area contributed by atoms with Gasteiger partial charge in [-0.1, -0.05) is 13.5 Å². The summed E-state index contributed by atoms with van der Waals surface area (Å²) in [7, 11) is -3.75. The van der Waals surface area contributed by atoms with Crippen LogP contribution in [0.3, 0.4) is 0 Å². The van der Waals surface area contributed by atoms with E-state index in [0.717, 1.165) is 18.2 Å². The molecule has 1 atom stereocenters. The van der Waals surface area contributed by atoms with Gasteiger partial charge in [0.25, 0.3) is 5.91 Å². The molecule has 190 valence electrons. The number of rotatable bonds is 7. The van der Waals surface area contributed by atoms with Gasteiger partial charge >= 0.3 is 6.18 Å². The first kappa shape index (κ1) is 25.4. The second-order valence-corrected chi connectivity index (χ2v) is 10.3. The van der Waals surface area contributed by atoms with Crippen molar-refractivity contribution in [2.24, 2.45) is 0 Å². The second-order valence-electron chi connectivity index (χ2n) is 8.06. The topological polar surface area (TPSA) is 81.5 Å². The molecular weight excluding hydrogens is 502 g/mol. The first-order valence-corrected chi connectivity index (χ1v) is 12.4. The Bertz CT molecular complexity index is 1390. The molecule has 0 fully saturated rings. The number of amides is 1. The molecule has 0 aliphatic carbocycles. The SMILES string of the molecule is C=CC(Oc1ccc(S(=O)(=O)CC)cc1C(=O)N1Cc2cn(-c3ccc(F)cc3)nc2C1)C(F)(F)F. The van der Waals surface area contributed by atoms with Crippen molar-refractivity contribution < 1.29 is 35.5 Å². The van der Waals surface area contributed by atoms with Crippen LogP contribution in [0.4, 0.5) is 17.6 Å². The fourth-order valence-electron chi connectivity index (χ4n) is 3.72. The summed E-state index contributed by atoms with van der Waals surface area (Å²) >= 11 is 0. The molecule has 1 amide bonds. The third kappa shape index (κ3) is 4.99. The minimum absolute atomic E-state index is 0.0384. The monoisotopic (exact) mass is 523 g/mol. The van der Waals surface area contributed by atoms with E-state index in [1.165, 1.54) is 28.6 Å². The van der Waals surface area contributed by atoms with E-state index in [4.69, 9.17) is 4.74 Å². The number of fused-ring (bicyclic) bond motifs is 1. The molecule has 2 aromatic carbocycles. The van der Waals surface area contributed by atoms with E-state index in [0.29, 0.717) is 23.0 Å². The second kappa shape index (κ2) is 9.41. The predicted octanol–water partition coefficient (Wildman–Crippen LogP) is 4.46. The van der Waals surface area contributed by atoms with E-state index in [-0.39, 0.29) is 29.3 Å². The van der Waals surface area contributed by atoms with Crippen LogP contribution in [0.15, 0.2) is 66.2 Å². The molecule has 7 nitrogen and oxygen atoms in total. The fourth-order valence-corrected chi connectivity index (χ4v) is 4.62. The van der Waals surface area contributed by atoms with Gasteiger partial charge in [-0.25, -0.2) is 17.5 Å². The van der Waals surface area contributed by atoms with Gasteiger partial charge in [0.2, 0.25) is 6.10 Å². The van der Waals surface area contributed by atoms with Crippen LogP contribution in [-0.2, 0) is 22.9 Å². The highest BCUT2D eigenvalue weighted by Gasteiger charge is 2.40. The van der Waals surface area contributed by atoms with E-state index >= 15 is 0 Å². The number of carbonyl (C=O) groups excluding carboxylic acids is 1. The zero-order chi connectivity index (χ0) is 26.3. The van der Waals surface area contributed by atoms with Crippen LogP contribution in [-0.4, -0.2) is 47.0 Å². The van der Waals surface area contributed by atoms with Crippen molar-refractivity contribution in [3.63, 3.8) is 0 Å². The van der Waals surface area contributed by atoms with E-state index in [1.54, 1.807) is 18.3 Å². The normalized spacial score (nSPS) is 14.4. The van der Waals surface area contributed by atoms with Gasteiger partial charge in [0.1, 0.15) is 11.6 Å². The quantitative estimate of drug-likeness (QED) is 0.338. The van der Waals surface area contributed by atoms with Crippen molar-refractivity contribution in [1.82, 2.24) is 14.7 Å². The van der Waals surface area contributed by atoms with E-state index < -0.39 is 39.6 Å². The van der Waals surface area contributed by atoms with Crippen LogP contribution >= 0.6 is 0 Å². The first-order valence-electron chi connectivity index (χ1n) is 10.8. The summed E-state index contributed by atoms with van der Waals surface area (Å²) in [6, 6.07) is 8.83. The molecule has 1 aliphatic heterocycles. The Labute approximate surface area is 204 Å². The highest BCUT2D eigenvalue weighted by atomic mass is 32.2. The van der Waals surface area contributed by atoms with Gasteiger partial charge in [-0.15, -0.1) is 0 Å². The molecule has 2 heterocycles. The molecular formula is C24H21F4N3O4S. The third-order valence-corrected chi connectivity index (χ3v) is 7.40. The molecule has 1 unspecified atom stereocenters. The number of aromatic nitrogens is 2. The van der Waals surface area contributed by atoms with Crippen LogP contribution < -0.4 is 4.74 Å². The molecule has 3 aromatic rings. The lowest BCUT2D eigenvalue weighted by molar-refractivity contribution is -0.180. The van der Waals surface area contributed by atoms with Gasteiger partial charge in [-0.2, -0.15) is 18.3 Å². The maximum Gasteiger partial charge on any atom is 0.429 e. The Balaban J connectivity index is 1.64. The number of halogens is 4. The summed E-state index contributed by atoms with van der Waals surface area (Å²) in [6.07, 6.45) is -4.96. The number of alkyl halides is 3. The minimum atomic E-state index is -4.79. The maximum absolute atomic E-state index is 13.4. The van der Waals surface area contributed by atoms with Gasteiger partial charge in [0.15, 0.2) is 9.84 Å². The lowest BCUT2D eigenvalue weighted by atomic mass is 10.1. The number of nitrogens with zero attached hydrogens (tertiary/aromatic N) is 3. The molecule has 0 spiro atoms. The van der Waals surface area contributed by atoms with E-state index in [9.17, 15) is 30.8 Å². The standard InChI is InChI=1S/C24H21F4N3O4S/c1-3-22(24(26,27)28)35-21-10-9-18(36(33,34)4-2)11-19(21)23(32)30-12-15-13-31(29-20(15)14-30)17-7-5-16(25)6-8-17/h3,5-11,13,22H,1,4,12,14H2,2H3. The smallest absolute Gasteiger partial charge is 0.429 e. The maximum atomic E-state index is 13.4. The van der Waals surface area contributed by atoms with Gasteiger partial charge in [0.05, 0.1) is 34.1 Å². The van der Waals surface area contributed by atoms with Crippen LogP contribution in [0.5, 0.6) is 5.75 Å². The predicted molar refractivity (Wildman–Crippen MR) is 122 cm³/mol. The summed E-state index contributed by atoms with van der Waals surface area (Å²) < 4.78 is 84.4. The lowest BCUT2D eigenvalue weighted by Crippen LogP contribution is -2.33. The van der Waals surface area contributed by atoms with Crippen molar-refractivity contribution in [2.45, 2.75) is 37.2 Å². The number of sulfone groups is 1. The van der Waals surface area contributed by atoms with E-state index in [1.807, 2.05) is 0 Å². The lowest BCUT2D eigenvalue weighted by Gasteiger charge is -2.22. The van der Waals surface area contributed by atoms with E-state index in [2.05, 4.69) is 11.7 Å². The summed E-state index contributed by atoms with van der Waals surface area (Å²) in [6.45, 7) is 4.68. The molecule has 0 saturated carbocycles. The average molecular weight is 524 g/mol. The molecule has 12 heteroatoms. The van der Waals surface area contributed by atoms with Gasteiger partial charge < -0.3 is 9.64 Å². The van der Waals surface area contributed by atoms with Crippen molar-refractivity contribution in [1.29, 1.82) is 0 Å². The molecule has 0 radical (unpaired) electrons. The molecule has 0 N–H and O–H groups in total. The highest BCUT2D eigenvalue weighted by molar-refractivity contribution is 7.91. The number of ether oxygens (including phenoxy) is 1. The number of carbonyl (C=O) groups is 1. The van der Waals surface area contributed by atoms with Crippen LogP contribution in [0.1, 0.15) is 28.5 Å². The Morgan fingerprint density at radius 1 is 1.19 bits per heavy atom.